The zero-order chi connectivity index (χ0) is 19.4. The van der Waals surface area contributed by atoms with Gasteiger partial charge in [-0.15, -0.1) is 0 Å². The molecular formula is C21H27FN2O3. The Hall–Kier alpha value is -2.37. The van der Waals surface area contributed by atoms with Crippen molar-refractivity contribution in [1.29, 1.82) is 0 Å². The topological polar surface area (TPSA) is 49.9 Å². The van der Waals surface area contributed by atoms with Crippen LogP contribution in [0.4, 0.5) is 4.39 Å². The summed E-state index contributed by atoms with van der Waals surface area (Å²) in [6.45, 7) is 3.82. The molecule has 6 heteroatoms. The summed E-state index contributed by atoms with van der Waals surface area (Å²) in [6.07, 6.45) is 6.42. The molecule has 1 aromatic rings. The number of amides is 2. The molecule has 2 saturated heterocycles. The molecule has 0 aromatic heterocycles. The van der Waals surface area contributed by atoms with Gasteiger partial charge in [-0.05, 0) is 44.4 Å². The van der Waals surface area contributed by atoms with E-state index in [9.17, 15) is 14.0 Å². The van der Waals surface area contributed by atoms with Crippen molar-refractivity contribution < 1.29 is 18.7 Å². The van der Waals surface area contributed by atoms with Gasteiger partial charge in [0.05, 0.1) is 12.5 Å². The fourth-order valence-corrected chi connectivity index (χ4v) is 4.12. The van der Waals surface area contributed by atoms with Gasteiger partial charge < -0.3 is 14.5 Å². The average Bonchev–Trinajstić information content (AvgIpc) is 3.10. The van der Waals surface area contributed by atoms with Gasteiger partial charge >= 0.3 is 0 Å². The summed E-state index contributed by atoms with van der Waals surface area (Å²) in [4.78, 5) is 29.1. The van der Waals surface area contributed by atoms with Crippen LogP contribution in [-0.2, 0) is 16.1 Å². The SMILES string of the molecule is C/C=C/CC(=O)N1CC[C@]2(CCCN(Cc3cc(OC)ccc3F)C2=O)C1. The number of benzene rings is 1. The summed E-state index contributed by atoms with van der Waals surface area (Å²) in [6, 6.07) is 4.59. The minimum atomic E-state index is -0.515. The van der Waals surface area contributed by atoms with Crippen LogP contribution in [0.25, 0.3) is 0 Å². The first-order valence-corrected chi connectivity index (χ1v) is 9.50. The number of halogens is 1. The number of hydrogen-bond donors (Lipinski definition) is 0. The lowest BCUT2D eigenvalue weighted by molar-refractivity contribution is -0.146. The standard InChI is InChI=1S/C21H27FN2O3/c1-3-4-6-19(25)24-12-10-21(15-24)9-5-11-23(20(21)26)14-16-13-17(27-2)7-8-18(16)22/h3-4,7-8,13H,5-6,9-12,14-15H2,1-2H3/b4-3+/t21-/m1/s1. The summed E-state index contributed by atoms with van der Waals surface area (Å²) in [5.74, 6) is 0.344. The molecule has 2 amide bonds. The molecule has 1 atom stereocenters. The molecule has 2 aliphatic heterocycles. The zero-order valence-electron chi connectivity index (χ0n) is 16.0. The van der Waals surface area contributed by atoms with Crippen molar-refractivity contribution in [3.63, 3.8) is 0 Å². The highest BCUT2D eigenvalue weighted by atomic mass is 19.1. The molecule has 3 rings (SSSR count). The van der Waals surface area contributed by atoms with Gasteiger partial charge in [0, 0.05) is 38.2 Å². The maximum atomic E-state index is 14.2. The lowest BCUT2D eigenvalue weighted by atomic mass is 9.78. The lowest BCUT2D eigenvalue weighted by Gasteiger charge is -2.39. The molecule has 2 aliphatic rings. The molecule has 0 bridgehead atoms. The predicted octanol–water partition coefficient (Wildman–Crippen LogP) is 3.14. The second-order valence-electron chi connectivity index (χ2n) is 7.41. The Bertz CT molecular complexity index is 749. The summed E-state index contributed by atoms with van der Waals surface area (Å²) < 4.78 is 19.4. The maximum Gasteiger partial charge on any atom is 0.230 e. The highest BCUT2D eigenvalue weighted by Gasteiger charge is 2.49. The van der Waals surface area contributed by atoms with Crippen molar-refractivity contribution >= 4 is 11.8 Å². The van der Waals surface area contributed by atoms with E-state index in [2.05, 4.69) is 0 Å². The van der Waals surface area contributed by atoms with E-state index in [1.54, 1.807) is 21.9 Å². The van der Waals surface area contributed by atoms with Gasteiger partial charge in [-0.3, -0.25) is 9.59 Å². The van der Waals surface area contributed by atoms with E-state index in [0.29, 0.717) is 43.8 Å². The number of nitrogens with zero attached hydrogens (tertiary/aromatic N) is 2. The zero-order valence-corrected chi connectivity index (χ0v) is 16.0. The number of piperidine rings is 1. The van der Waals surface area contributed by atoms with Crippen LogP contribution in [-0.4, -0.2) is 48.4 Å². The molecule has 5 nitrogen and oxygen atoms in total. The number of hydrogen-bond acceptors (Lipinski definition) is 3. The second-order valence-corrected chi connectivity index (χ2v) is 7.41. The molecule has 0 aliphatic carbocycles. The van der Waals surface area contributed by atoms with E-state index < -0.39 is 5.41 Å². The van der Waals surface area contributed by atoms with Gasteiger partial charge in [-0.25, -0.2) is 4.39 Å². The van der Waals surface area contributed by atoms with E-state index in [0.717, 1.165) is 12.8 Å². The Labute approximate surface area is 159 Å². The van der Waals surface area contributed by atoms with Crippen molar-refractivity contribution in [2.24, 2.45) is 5.41 Å². The van der Waals surface area contributed by atoms with E-state index >= 15 is 0 Å². The normalized spacial score (nSPS) is 22.9. The first-order chi connectivity index (χ1) is 13.0. The smallest absolute Gasteiger partial charge is 0.230 e. The third-order valence-corrected chi connectivity index (χ3v) is 5.67. The summed E-state index contributed by atoms with van der Waals surface area (Å²) in [5.41, 5.74) is -0.0575. The summed E-state index contributed by atoms with van der Waals surface area (Å²) in [7, 11) is 1.54. The highest BCUT2D eigenvalue weighted by molar-refractivity contribution is 5.86. The number of methoxy groups -OCH3 is 1. The van der Waals surface area contributed by atoms with Crippen LogP contribution in [0.5, 0.6) is 5.75 Å². The molecule has 2 heterocycles. The van der Waals surface area contributed by atoms with Crippen molar-refractivity contribution in [2.45, 2.75) is 39.2 Å². The van der Waals surface area contributed by atoms with Gasteiger partial charge in [0.25, 0.3) is 0 Å². The van der Waals surface area contributed by atoms with Gasteiger partial charge in [0.2, 0.25) is 11.8 Å². The molecular weight excluding hydrogens is 347 g/mol. The third kappa shape index (κ3) is 3.99. The monoisotopic (exact) mass is 374 g/mol. The van der Waals surface area contributed by atoms with Gasteiger partial charge in [0.15, 0.2) is 0 Å². The highest BCUT2D eigenvalue weighted by Crippen LogP contribution is 2.40. The Morgan fingerprint density at radius 1 is 1.33 bits per heavy atom. The second kappa shape index (κ2) is 8.11. The fraction of sp³-hybridized carbons (Fsp3) is 0.524. The molecule has 1 spiro atoms. The molecule has 0 N–H and O–H groups in total. The molecule has 1 aromatic carbocycles. The predicted molar refractivity (Wildman–Crippen MR) is 101 cm³/mol. The number of carbonyl (C=O) groups is 2. The number of ether oxygens (including phenoxy) is 1. The van der Waals surface area contributed by atoms with E-state index in [-0.39, 0.29) is 24.2 Å². The van der Waals surface area contributed by atoms with Crippen LogP contribution in [0.3, 0.4) is 0 Å². The van der Waals surface area contributed by atoms with Crippen LogP contribution in [0.2, 0.25) is 0 Å². The van der Waals surface area contributed by atoms with Crippen LogP contribution >= 0.6 is 0 Å². The van der Waals surface area contributed by atoms with E-state index in [1.807, 2.05) is 19.1 Å². The Balaban J connectivity index is 1.72. The number of carbonyl (C=O) groups excluding carboxylic acids is 2. The molecule has 146 valence electrons. The Morgan fingerprint density at radius 2 is 2.15 bits per heavy atom. The minimum absolute atomic E-state index is 0.0392. The molecule has 27 heavy (non-hydrogen) atoms. The van der Waals surface area contributed by atoms with Crippen LogP contribution < -0.4 is 4.74 Å². The maximum absolute atomic E-state index is 14.2. The first kappa shape index (κ1) is 19.4. The number of likely N-dealkylation sites (tertiary alicyclic amines) is 2. The fourth-order valence-electron chi connectivity index (χ4n) is 4.12. The molecule has 0 unspecified atom stereocenters. The molecule has 2 fully saturated rings. The third-order valence-electron chi connectivity index (χ3n) is 5.67. The van der Waals surface area contributed by atoms with Crippen molar-refractivity contribution in [2.75, 3.05) is 26.7 Å². The van der Waals surface area contributed by atoms with Crippen LogP contribution in [0.1, 0.15) is 38.2 Å². The molecule has 0 saturated carbocycles. The number of allylic oxidation sites excluding steroid dienone is 1. The van der Waals surface area contributed by atoms with E-state index in [4.69, 9.17) is 4.74 Å². The van der Waals surface area contributed by atoms with Crippen molar-refractivity contribution in [1.82, 2.24) is 9.80 Å². The largest absolute Gasteiger partial charge is 0.497 e. The number of rotatable bonds is 5. The molecule has 0 radical (unpaired) electrons. The van der Waals surface area contributed by atoms with E-state index in [1.165, 1.54) is 13.2 Å². The van der Waals surface area contributed by atoms with Gasteiger partial charge in [-0.1, -0.05) is 12.2 Å². The average molecular weight is 374 g/mol. The Kier molecular flexibility index (Phi) is 5.82. The van der Waals surface area contributed by atoms with Gasteiger partial charge in [0.1, 0.15) is 11.6 Å². The van der Waals surface area contributed by atoms with Crippen molar-refractivity contribution in [3.05, 3.63) is 41.7 Å². The van der Waals surface area contributed by atoms with Crippen molar-refractivity contribution in [3.8, 4) is 5.75 Å². The Morgan fingerprint density at radius 3 is 2.89 bits per heavy atom. The summed E-state index contributed by atoms with van der Waals surface area (Å²) >= 11 is 0. The van der Waals surface area contributed by atoms with Crippen LogP contribution in [0, 0.1) is 11.2 Å². The minimum Gasteiger partial charge on any atom is -0.497 e. The van der Waals surface area contributed by atoms with Crippen LogP contribution in [0.15, 0.2) is 30.4 Å². The lowest BCUT2D eigenvalue weighted by Crippen LogP contribution is -2.50. The quantitative estimate of drug-likeness (QED) is 0.744. The first-order valence-electron chi connectivity index (χ1n) is 9.50. The summed E-state index contributed by atoms with van der Waals surface area (Å²) in [5, 5.41) is 0. The van der Waals surface area contributed by atoms with Gasteiger partial charge in [-0.2, -0.15) is 0 Å².